The van der Waals surface area contributed by atoms with Crippen molar-refractivity contribution in [1.82, 2.24) is 0 Å². The smallest absolute Gasteiger partial charge is 0.266 e. The summed E-state index contributed by atoms with van der Waals surface area (Å²) in [7, 11) is 0. The molecule has 94 valence electrons. The summed E-state index contributed by atoms with van der Waals surface area (Å²) in [4.78, 5) is 11.9. The highest BCUT2D eigenvalue weighted by Crippen LogP contribution is 2.15. The summed E-state index contributed by atoms with van der Waals surface area (Å²) in [5.41, 5.74) is 0.528. The van der Waals surface area contributed by atoms with Crippen molar-refractivity contribution < 1.29 is 9.21 Å². The van der Waals surface area contributed by atoms with Crippen LogP contribution in [0.25, 0.3) is 6.08 Å². The van der Waals surface area contributed by atoms with Gasteiger partial charge in [0.2, 0.25) is 0 Å². The van der Waals surface area contributed by atoms with Gasteiger partial charge in [-0.1, -0.05) is 11.6 Å². The molecule has 0 atom stereocenters. The second-order valence-electron chi connectivity index (χ2n) is 3.65. The summed E-state index contributed by atoms with van der Waals surface area (Å²) in [5.74, 6) is -0.0518. The molecular formula is C14H9ClN2O2. The number of anilines is 1. The molecule has 1 N–H and O–H groups in total. The van der Waals surface area contributed by atoms with E-state index in [-0.39, 0.29) is 5.57 Å². The van der Waals surface area contributed by atoms with Crippen LogP contribution in [0.15, 0.2) is 52.7 Å². The Morgan fingerprint density at radius 2 is 2.05 bits per heavy atom. The van der Waals surface area contributed by atoms with E-state index >= 15 is 0 Å². The van der Waals surface area contributed by atoms with Crippen molar-refractivity contribution in [3.05, 3.63) is 59.0 Å². The van der Waals surface area contributed by atoms with Crippen molar-refractivity contribution in [2.24, 2.45) is 0 Å². The van der Waals surface area contributed by atoms with Crippen LogP contribution in [0.4, 0.5) is 5.69 Å². The maximum absolute atomic E-state index is 11.9. The number of nitrogens with one attached hydrogen (secondary N) is 1. The SMILES string of the molecule is N#CC(=Cc1ccco1)C(=O)Nc1ccc(Cl)cc1. The van der Waals surface area contributed by atoms with E-state index in [9.17, 15) is 4.79 Å². The number of nitriles is 1. The van der Waals surface area contributed by atoms with E-state index in [0.29, 0.717) is 16.5 Å². The molecule has 2 rings (SSSR count). The van der Waals surface area contributed by atoms with E-state index in [1.807, 2.05) is 6.07 Å². The largest absolute Gasteiger partial charge is 0.465 e. The minimum Gasteiger partial charge on any atom is -0.465 e. The molecular weight excluding hydrogens is 264 g/mol. The molecule has 5 heteroatoms. The Morgan fingerprint density at radius 3 is 2.63 bits per heavy atom. The van der Waals surface area contributed by atoms with Crippen molar-refractivity contribution in [2.75, 3.05) is 5.32 Å². The molecule has 0 aliphatic heterocycles. The molecule has 0 radical (unpaired) electrons. The lowest BCUT2D eigenvalue weighted by Gasteiger charge is -2.03. The van der Waals surface area contributed by atoms with Gasteiger partial charge in [0.05, 0.1) is 6.26 Å². The fraction of sp³-hybridized carbons (Fsp3) is 0. The topological polar surface area (TPSA) is 66.0 Å². The lowest BCUT2D eigenvalue weighted by molar-refractivity contribution is -0.112. The first kappa shape index (κ1) is 12.9. The first-order valence-corrected chi connectivity index (χ1v) is 5.79. The molecule has 0 aliphatic rings. The number of nitrogens with zero attached hydrogens (tertiary/aromatic N) is 1. The van der Waals surface area contributed by atoms with Gasteiger partial charge in [0.1, 0.15) is 17.4 Å². The van der Waals surface area contributed by atoms with Gasteiger partial charge in [0, 0.05) is 16.8 Å². The molecule has 0 unspecified atom stereocenters. The van der Waals surface area contributed by atoms with Crippen molar-refractivity contribution in [2.45, 2.75) is 0 Å². The van der Waals surface area contributed by atoms with Gasteiger partial charge < -0.3 is 9.73 Å². The van der Waals surface area contributed by atoms with E-state index in [4.69, 9.17) is 21.3 Å². The zero-order chi connectivity index (χ0) is 13.7. The zero-order valence-electron chi connectivity index (χ0n) is 9.76. The van der Waals surface area contributed by atoms with E-state index in [0.717, 1.165) is 0 Å². The van der Waals surface area contributed by atoms with Gasteiger partial charge in [-0.2, -0.15) is 5.26 Å². The number of amides is 1. The molecule has 1 aromatic carbocycles. The predicted octanol–water partition coefficient (Wildman–Crippen LogP) is 3.48. The second kappa shape index (κ2) is 5.89. The van der Waals surface area contributed by atoms with Crippen LogP contribution in [0, 0.1) is 11.3 Å². The lowest BCUT2D eigenvalue weighted by Crippen LogP contribution is -2.13. The number of furan rings is 1. The van der Waals surface area contributed by atoms with Crippen molar-refractivity contribution in [3.63, 3.8) is 0 Å². The number of carbonyl (C=O) groups excluding carboxylic acids is 1. The number of halogens is 1. The molecule has 1 aromatic heterocycles. The lowest BCUT2D eigenvalue weighted by atomic mass is 10.2. The van der Waals surface area contributed by atoms with Crippen molar-refractivity contribution in [1.29, 1.82) is 5.26 Å². The number of hydrogen-bond acceptors (Lipinski definition) is 3. The Kier molecular flexibility index (Phi) is 4.01. The van der Waals surface area contributed by atoms with Gasteiger partial charge in [-0.25, -0.2) is 0 Å². The Hall–Kier alpha value is -2.51. The fourth-order valence-corrected chi connectivity index (χ4v) is 1.52. The molecule has 0 bridgehead atoms. The molecule has 2 aromatic rings. The van der Waals surface area contributed by atoms with Crippen LogP contribution in [-0.2, 0) is 4.79 Å². The highest BCUT2D eigenvalue weighted by atomic mass is 35.5. The van der Waals surface area contributed by atoms with E-state index in [1.165, 1.54) is 12.3 Å². The first-order valence-electron chi connectivity index (χ1n) is 5.41. The zero-order valence-corrected chi connectivity index (χ0v) is 10.5. The Bertz CT molecular complexity index is 637. The molecule has 0 fully saturated rings. The summed E-state index contributed by atoms with van der Waals surface area (Å²) < 4.78 is 5.06. The van der Waals surface area contributed by atoms with E-state index in [2.05, 4.69) is 5.32 Å². The number of benzene rings is 1. The van der Waals surface area contributed by atoms with Crippen LogP contribution >= 0.6 is 11.6 Å². The average molecular weight is 273 g/mol. The van der Waals surface area contributed by atoms with Gasteiger partial charge in [-0.05, 0) is 36.4 Å². The Morgan fingerprint density at radius 1 is 1.32 bits per heavy atom. The normalized spacial score (nSPS) is 10.8. The minimum absolute atomic E-state index is 0.0371. The molecule has 0 saturated heterocycles. The van der Waals surface area contributed by atoms with Crippen molar-refractivity contribution >= 4 is 29.3 Å². The average Bonchev–Trinajstić information content (AvgIpc) is 2.91. The molecule has 0 aliphatic carbocycles. The standard InChI is InChI=1S/C14H9ClN2O2/c15-11-3-5-12(6-4-11)17-14(18)10(9-16)8-13-2-1-7-19-13/h1-8H,(H,17,18). The second-order valence-corrected chi connectivity index (χ2v) is 4.08. The number of carbonyl (C=O) groups is 1. The molecule has 4 nitrogen and oxygen atoms in total. The summed E-state index contributed by atoms with van der Waals surface area (Å²) in [6, 6.07) is 11.8. The summed E-state index contributed by atoms with van der Waals surface area (Å²) in [5, 5.41) is 12.2. The molecule has 1 amide bonds. The van der Waals surface area contributed by atoms with Crippen molar-refractivity contribution in [3.8, 4) is 6.07 Å². The maximum Gasteiger partial charge on any atom is 0.266 e. The van der Waals surface area contributed by atoms with Crippen LogP contribution in [-0.4, -0.2) is 5.91 Å². The minimum atomic E-state index is -0.499. The Balaban J connectivity index is 2.14. The van der Waals surface area contributed by atoms with E-state index < -0.39 is 5.91 Å². The number of hydrogen-bond donors (Lipinski definition) is 1. The number of rotatable bonds is 3. The highest BCUT2D eigenvalue weighted by molar-refractivity contribution is 6.30. The Labute approximate surface area is 114 Å². The third-order valence-electron chi connectivity index (χ3n) is 2.30. The first-order chi connectivity index (χ1) is 9.19. The van der Waals surface area contributed by atoms with Gasteiger partial charge in [0.15, 0.2) is 0 Å². The van der Waals surface area contributed by atoms with Gasteiger partial charge in [-0.15, -0.1) is 0 Å². The monoisotopic (exact) mass is 272 g/mol. The summed E-state index contributed by atoms with van der Waals surface area (Å²) in [6.07, 6.45) is 2.85. The van der Waals surface area contributed by atoms with Gasteiger partial charge >= 0.3 is 0 Å². The van der Waals surface area contributed by atoms with Crippen LogP contribution in [0.3, 0.4) is 0 Å². The molecule has 0 spiro atoms. The highest BCUT2D eigenvalue weighted by Gasteiger charge is 2.10. The molecule has 19 heavy (non-hydrogen) atoms. The quantitative estimate of drug-likeness (QED) is 0.687. The van der Waals surface area contributed by atoms with Crippen LogP contribution in [0.5, 0.6) is 0 Å². The maximum atomic E-state index is 11.9. The summed E-state index contributed by atoms with van der Waals surface area (Å²) in [6.45, 7) is 0. The third kappa shape index (κ3) is 3.47. The van der Waals surface area contributed by atoms with Crippen LogP contribution in [0.1, 0.15) is 5.76 Å². The van der Waals surface area contributed by atoms with Gasteiger partial charge in [-0.3, -0.25) is 4.79 Å². The van der Waals surface area contributed by atoms with Crippen LogP contribution < -0.4 is 5.32 Å². The predicted molar refractivity (Wildman–Crippen MR) is 72.4 cm³/mol. The van der Waals surface area contributed by atoms with E-state index in [1.54, 1.807) is 36.4 Å². The summed E-state index contributed by atoms with van der Waals surface area (Å²) >= 11 is 5.74. The third-order valence-corrected chi connectivity index (χ3v) is 2.55. The van der Waals surface area contributed by atoms with Crippen LogP contribution in [0.2, 0.25) is 5.02 Å². The fourth-order valence-electron chi connectivity index (χ4n) is 1.40. The molecule has 1 heterocycles. The molecule has 0 saturated carbocycles. The van der Waals surface area contributed by atoms with Gasteiger partial charge in [0.25, 0.3) is 5.91 Å².